The Kier molecular flexibility index (Phi) is 7.27. The van der Waals surface area contributed by atoms with Gasteiger partial charge in [-0.05, 0) is 67.1 Å². The van der Waals surface area contributed by atoms with E-state index in [1.54, 1.807) is 36.4 Å². The summed E-state index contributed by atoms with van der Waals surface area (Å²) in [4.78, 5) is 0.0327. The molecule has 0 heterocycles. The summed E-state index contributed by atoms with van der Waals surface area (Å²) < 4.78 is 60.7. The van der Waals surface area contributed by atoms with Crippen molar-refractivity contribution < 1.29 is 25.6 Å². The van der Waals surface area contributed by atoms with E-state index in [2.05, 4.69) is 0 Å². The Morgan fingerprint density at radius 1 is 0.710 bits per heavy atom. The van der Waals surface area contributed by atoms with Crippen LogP contribution < -0.4 is 0 Å². The molecule has 3 aromatic carbocycles. The van der Waals surface area contributed by atoms with E-state index in [0.717, 1.165) is 22.3 Å². The van der Waals surface area contributed by atoms with Crippen LogP contribution in [0.25, 0.3) is 0 Å². The molecule has 3 aromatic rings. The van der Waals surface area contributed by atoms with Crippen molar-refractivity contribution in [2.24, 2.45) is 0 Å². The standard InChI is InChI=1S/C23H24O6S2/c1-18-4-12-23(13-5-18)31(27,28)29-16-2-3-19-6-8-20(9-7-19)17-21-10-14-22(15-11-21)30(24,25)26/h4-15H,2-3,16-17H2,1H3,(H,24,25,26). The minimum atomic E-state index is -4.18. The van der Waals surface area contributed by atoms with Crippen molar-refractivity contribution in [1.82, 2.24) is 0 Å². The van der Waals surface area contributed by atoms with E-state index < -0.39 is 20.2 Å². The van der Waals surface area contributed by atoms with Gasteiger partial charge < -0.3 is 0 Å². The predicted octanol–water partition coefficient (Wildman–Crippen LogP) is 4.17. The Balaban J connectivity index is 1.49. The number of benzene rings is 3. The predicted molar refractivity (Wildman–Crippen MR) is 118 cm³/mol. The molecule has 0 aliphatic carbocycles. The molecule has 8 heteroatoms. The molecular formula is C23H24O6S2. The van der Waals surface area contributed by atoms with Crippen molar-refractivity contribution in [1.29, 1.82) is 0 Å². The summed E-state index contributed by atoms with van der Waals surface area (Å²) in [5, 5.41) is 0. The molecule has 0 aromatic heterocycles. The van der Waals surface area contributed by atoms with Gasteiger partial charge in [-0.2, -0.15) is 16.8 Å². The van der Waals surface area contributed by atoms with Gasteiger partial charge in [0.05, 0.1) is 16.4 Å². The van der Waals surface area contributed by atoms with Crippen molar-refractivity contribution in [3.05, 3.63) is 95.1 Å². The van der Waals surface area contributed by atoms with Crippen LogP contribution in [0.15, 0.2) is 82.6 Å². The van der Waals surface area contributed by atoms with Gasteiger partial charge >= 0.3 is 0 Å². The van der Waals surface area contributed by atoms with Crippen LogP contribution in [0.1, 0.15) is 28.7 Å². The van der Waals surface area contributed by atoms with E-state index in [0.29, 0.717) is 19.3 Å². The molecular weight excluding hydrogens is 436 g/mol. The maximum Gasteiger partial charge on any atom is 0.296 e. The zero-order valence-corrected chi connectivity index (χ0v) is 18.7. The van der Waals surface area contributed by atoms with Gasteiger partial charge in [0.2, 0.25) is 0 Å². The van der Waals surface area contributed by atoms with Gasteiger partial charge in [0.25, 0.3) is 20.2 Å². The van der Waals surface area contributed by atoms with Gasteiger partial charge in [0.1, 0.15) is 0 Å². The van der Waals surface area contributed by atoms with Crippen LogP contribution in [0.2, 0.25) is 0 Å². The van der Waals surface area contributed by atoms with Crippen molar-refractivity contribution in [3.8, 4) is 0 Å². The second kappa shape index (κ2) is 9.74. The van der Waals surface area contributed by atoms with Crippen LogP contribution in [-0.4, -0.2) is 28.0 Å². The first kappa shape index (κ1) is 23.1. The minimum Gasteiger partial charge on any atom is -0.282 e. The van der Waals surface area contributed by atoms with Crippen LogP contribution in [0, 0.1) is 6.92 Å². The first-order chi connectivity index (χ1) is 14.6. The summed E-state index contributed by atoms with van der Waals surface area (Å²) in [6.07, 6.45) is 1.89. The highest BCUT2D eigenvalue weighted by atomic mass is 32.2. The Morgan fingerprint density at radius 2 is 1.19 bits per heavy atom. The summed E-state index contributed by atoms with van der Waals surface area (Å²) in [6.45, 7) is 2.00. The van der Waals surface area contributed by atoms with Gasteiger partial charge in [0, 0.05) is 0 Å². The summed E-state index contributed by atoms with van der Waals surface area (Å²) in [6, 6.07) is 20.6. The van der Waals surface area contributed by atoms with E-state index in [1.807, 2.05) is 31.2 Å². The van der Waals surface area contributed by atoms with E-state index >= 15 is 0 Å². The van der Waals surface area contributed by atoms with E-state index in [-0.39, 0.29) is 16.4 Å². The minimum absolute atomic E-state index is 0.109. The maximum absolute atomic E-state index is 12.2. The summed E-state index contributed by atoms with van der Waals surface area (Å²) in [7, 11) is -7.92. The Bertz CT molecular complexity index is 1210. The van der Waals surface area contributed by atoms with Crippen molar-refractivity contribution in [2.75, 3.05) is 6.61 Å². The van der Waals surface area contributed by atoms with Crippen molar-refractivity contribution in [3.63, 3.8) is 0 Å². The molecule has 0 saturated heterocycles. The fraction of sp³-hybridized carbons (Fsp3) is 0.217. The van der Waals surface area contributed by atoms with E-state index in [9.17, 15) is 16.8 Å². The molecule has 6 nitrogen and oxygen atoms in total. The van der Waals surface area contributed by atoms with Crippen LogP contribution in [0.5, 0.6) is 0 Å². The Morgan fingerprint density at radius 3 is 1.74 bits per heavy atom. The fourth-order valence-electron chi connectivity index (χ4n) is 3.06. The lowest BCUT2D eigenvalue weighted by Gasteiger charge is -2.07. The average Bonchev–Trinajstić information content (AvgIpc) is 2.72. The molecule has 0 saturated carbocycles. The number of rotatable bonds is 9. The highest BCUT2D eigenvalue weighted by molar-refractivity contribution is 7.86. The summed E-state index contributed by atoms with van der Waals surface area (Å²) in [5.74, 6) is 0. The third kappa shape index (κ3) is 6.73. The van der Waals surface area contributed by atoms with E-state index in [1.165, 1.54) is 12.1 Å². The Hall–Kier alpha value is -2.52. The van der Waals surface area contributed by atoms with E-state index in [4.69, 9.17) is 8.74 Å². The first-order valence-electron chi connectivity index (χ1n) is 9.74. The van der Waals surface area contributed by atoms with Crippen molar-refractivity contribution in [2.45, 2.75) is 36.0 Å². The van der Waals surface area contributed by atoms with Gasteiger partial charge in [-0.15, -0.1) is 0 Å². The zero-order chi connectivity index (χ0) is 22.5. The molecule has 0 radical (unpaired) electrons. The molecule has 0 aliphatic rings. The molecule has 31 heavy (non-hydrogen) atoms. The second-order valence-corrected chi connectivity index (χ2v) is 10.3. The third-order valence-corrected chi connectivity index (χ3v) is 7.00. The molecule has 0 fully saturated rings. The van der Waals surface area contributed by atoms with Gasteiger partial charge in [-0.1, -0.05) is 54.1 Å². The highest BCUT2D eigenvalue weighted by Crippen LogP contribution is 2.16. The lowest BCUT2D eigenvalue weighted by molar-refractivity contribution is 0.312. The molecule has 0 spiro atoms. The third-order valence-electron chi connectivity index (χ3n) is 4.81. The van der Waals surface area contributed by atoms with Crippen molar-refractivity contribution >= 4 is 20.2 Å². The number of hydrogen-bond acceptors (Lipinski definition) is 5. The number of hydrogen-bond donors (Lipinski definition) is 1. The van der Waals surface area contributed by atoms with Gasteiger partial charge in [-0.25, -0.2) is 0 Å². The highest BCUT2D eigenvalue weighted by Gasteiger charge is 2.14. The molecule has 0 unspecified atom stereocenters. The zero-order valence-electron chi connectivity index (χ0n) is 17.1. The first-order valence-corrected chi connectivity index (χ1v) is 12.6. The Labute approximate surface area is 183 Å². The molecule has 0 aliphatic heterocycles. The monoisotopic (exact) mass is 460 g/mol. The maximum atomic E-state index is 12.2. The van der Waals surface area contributed by atoms with Crippen LogP contribution in [-0.2, 0) is 37.3 Å². The van der Waals surface area contributed by atoms with Gasteiger partial charge in [-0.3, -0.25) is 8.74 Å². The molecule has 0 atom stereocenters. The normalized spacial score (nSPS) is 12.1. The van der Waals surface area contributed by atoms with Crippen LogP contribution in [0.4, 0.5) is 0 Å². The summed E-state index contributed by atoms with van der Waals surface area (Å²) >= 11 is 0. The topological polar surface area (TPSA) is 97.7 Å². The molecule has 164 valence electrons. The largest absolute Gasteiger partial charge is 0.296 e. The lowest BCUT2D eigenvalue weighted by Crippen LogP contribution is -2.08. The summed E-state index contributed by atoms with van der Waals surface area (Å²) in [5.41, 5.74) is 4.04. The van der Waals surface area contributed by atoms with Crippen LogP contribution >= 0.6 is 0 Å². The molecule has 0 bridgehead atoms. The quantitative estimate of drug-likeness (QED) is 0.292. The van der Waals surface area contributed by atoms with Gasteiger partial charge in [0.15, 0.2) is 0 Å². The average molecular weight is 461 g/mol. The second-order valence-electron chi connectivity index (χ2n) is 7.30. The molecule has 1 N–H and O–H groups in total. The fourth-order valence-corrected chi connectivity index (χ4v) is 4.48. The molecule has 0 amide bonds. The lowest BCUT2D eigenvalue weighted by atomic mass is 10.0. The molecule has 3 rings (SSSR count). The van der Waals surface area contributed by atoms with Crippen LogP contribution in [0.3, 0.4) is 0 Å². The number of aryl methyl sites for hydroxylation is 2. The smallest absolute Gasteiger partial charge is 0.282 e. The SMILES string of the molecule is Cc1ccc(S(=O)(=O)OCCCc2ccc(Cc3ccc(S(=O)(=O)O)cc3)cc2)cc1.